The van der Waals surface area contributed by atoms with E-state index >= 15 is 0 Å². The molecule has 5 nitrogen and oxygen atoms in total. The van der Waals surface area contributed by atoms with Crippen LogP contribution in [0.5, 0.6) is 5.75 Å². The number of ether oxygens (including phenoxy) is 1. The molecule has 0 saturated carbocycles. The summed E-state index contributed by atoms with van der Waals surface area (Å²) in [5.41, 5.74) is 4.78. The summed E-state index contributed by atoms with van der Waals surface area (Å²) in [4.78, 5) is 10.8. The van der Waals surface area contributed by atoms with Crippen molar-refractivity contribution in [2.45, 2.75) is 26.2 Å². The van der Waals surface area contributed by atoms with Crippen LogP contribution in [0, 0.1) is 0 Å². The van der Waals surface area contributed by atoms with E-state index in [1.54, 1.807) is 18.3 Å². The van der Waals surface area contributed by atoms with Gasteiger partial charge in [-0.05, 0) is 48.4 Å². The van der Waals surface area contributed by atoms with Crippen LogP contribution in [0.4, 0.5) is 5.69 Å². The molecule has 0 unspecified atom stereocenters. The molecule has 2 rings (SSSR count). The first-order valence-electron chi connectivity index (χ1n) is 8.04. The van der Waals surface area contributed by atoms with E-state index in [2.05, 4.69) is 17.5 Å². The van der Waals surface area contributed by atoms with Crippen LogP contribution in [0.2, 0.25) is 0 Å². The molecule has 0 bridgehead atoms. The molecule has 0 aliphatic carbocycles. The molecule has 2 N–H and O–H groups in total. The molecular weight excluding hydrogens is 304 g/mol. The van der Waals surface area contributed by atoms with E-state index in [9.17, 15) is 4.79 Å². The van der Waals surface area contributed by atoms with Gasteiger partial charge in [-0.3, -0.25) is 5.43 Å². The number of unbranched alkanes of at least 4 members (excludes halogenated alkanes) is 2. The molecular formula is C19H22N2O3. The quantitative estimate of drug-likeness (QED) is 0.407. The van der Waals surface area contributed by atoms with Crippen LogP contribution in [0.15, 0.2) is 53.6 Å². The summed E-state index contributed by atoms with van der Waals surface area (Å²) in [6.07, 6.45) is 5.10. The number of carboxylic acids is 1. The van der Waals surface area contributed by atoms with Gasteiger partial charge in [0, 0.05) is 0 Å². The first-order chi connectivity index (χ1) is 11.7. The number of aromatic carboxylic acids is 1. The number of hydrazone groups is 1. The molecule has 5 heteroatoms. The molecule has 0 spiro atoms. The number of carboxylic acid groups (broad SMARTS) is 1. The van der Waals surface area contributed by atoms with Crippen LogP contribution in [0.1, 0.15) is 42.1 Å². The minimum atomic E-state index is -0.944. The molecule has 0 heterocycles. The SMILES string of the molecule is CCCCCOc1cccc(/C=N/Nc2ccc(C(=O)O)cc2)c1. The van der Waals surface area contributed by atoms with Crippen molar-refractivity contribution in [3.63, 3.8) is 0 Å². The minimum Gasteiger partial charge on any atom is -0.494 e. The molecule has 0 aliphatic heterocycles. The molecule has 24 heavy (non-hydrogen) atoms. The van der Waals surface area contributed by atoms with E-state index in [-0.39, 0.29) is 5.56 Å². The number of hydrogen-bond donors (Lipinski definition) is 2. The van der Waals surface area contributed by atoms with E-state index in [0.29, 0.717) is 0 Å². The van der Waals surface area contributed by atoms with Crippen LogP contribution in [0.3, 0.4) is 0 Å². The molecule has 2 aromatic rings. The largest absolute Gasteiger partial charge is 0.494 e. The highest BCUT2D eigenvalue weighted by Crippen LogP contribution is 2.13. The van der Waals surface area contributed by atoms with Crippen LogP contribution in [0.25, 0.3) is 0 Å². The molecule has 0 saturated heterocycles. The first-order valence-corrected chi connectivity index (χ1v) is 8.04. The molecule has 0 aliphatic rings. The van der Waals surface area contributed by atoms with Gasteiger partial charge in [-0.25, -0.2) is 4.79 Å². The Balaban J connectivity index is 1.88. The normalized spacial score (nSPS) is 10.7. The predicted octanol–water partition coefficient (Wildman–Crippen LogP) is 4.40. The second-order valence-corrected chi connectivity index (χ2v) is 5.38. The average Bonchev–Trinajstić information content (AvgIpc) is 2.60. The Bertz CT molecular complexity index is 681. The van der Waals surface area contributed by atoms with Gasteiger partial charge in [0.2, 0.25) is 0 Å². The predicted molar refractivity (Wildman–Crippen MR) is 96.1 cm³/mol. The van der Waals surface area contributed by atoms with Crippen molar-refractivity contribution in [1.29, 1.82) is 0 Å². The second kappa shape index (κ2) is 9.35. The zero-order valence-electron chi connectivity index (χ0n) is 13.7. The maximum atomic E-state index is 10.8. The van der Waals surface area contributed by atoms with E-state index < -0.39 is 5.97 Å². The molecule has 0 radical (unpaired) electrons. The van der Waals surface area contributed by atoms with Crippen molar-refractivity contribution in [1.82, 2.24) is 0 Å². The summed E-state index contributed by atoms with van der Waals surface area (Å²) in [6.45, 7) is 2.89. The summed E-state index contributed by atoms with van der Waals surface area (Å²) in [7, 11) is 0. The van der Waals surface area contributed by atoms with Crippen LogP contribution >= 0.6 is 0 Å². The van der Waals surface area contributed by atoms with Crippen molar-refractivity contribution in [2.75, 3.05) is 12.0 Å². The third-order valence-corrected chi connectivity index (χ3v) is 3.41. The molecule has 0 atom stereocenters. The highest BCUT2D eigenvalue weighted by Gasteiger charge is 2.00. The Hall–Kier alpha value is -2.82. The summed E-state index contributed by atoms with van der Waals surface area (Å²) >= 11 is 0. The third-order valence-electron chi connectivity index (χ3n) is 3.41. The fourth-order valence-corrected chi connectivity index (χ4v) is 2.10. The summed E-state index contributed by atoms with van der Waals surface area (Å²) < 4.78 is 5.71. The number of hydrogen-bond acceptors (Lipinski definition) is 4. The summed E-state index contributed by atoms with van der Waals surface area (Å²) in [5, 5.41) is 13.0. The maximum absolute atomic E-state index is 10.8. The zero-order valence-corrected chi connectivity index (χ0v) is 13.7. The standard InChI is InChI=1S/C19H22N2O3/c1-2-3-4-12-24-18-7-5-6-15(13-18)14-20-21-17-10-8-16(9-11-17)19(22)23/h5-11,13-14,21H,2-4,12H2,1H3,(H,22,23)/b20-14+. The lowest BCUT2D eigenvalue weighted by Gasteiger charge is -2.06. The Morgan fingerprint density at radius 2 is 2.00 bits per heavy atom. The summed E-state index contributed by atoms with van der Waals surface area (Å²) in [6, 6.07) is 14.2. The average molecular weight is 326 g/mol. The number of benzene rings is 2. The third kappa shape index (κ3) is 5.76. The van der Waals surface area contributed by atoms with Gasteiger partial charge in [-0.2, -0.15) is 5.10 Å². The van der Waals surface area contributed by atoms with Gasteiger partial charge in [-0.1, -0.05) is 31.9 Å². The maximum Gasteiger partial charge on any atom is 0.335 e. The molecule has 0 fully saturated rings. The van der Waals surface area contributed by atoms with E-state index in [4.69, 9.17) is 9.84 Å². The Morgan fingerprint density at radius 3 is 2.71 bits per heavy atom. The Kier molecular flexibility index (Phi) is 6.83. The number of nitrogens with one attached hydrogen (secondary N) is 1. The highest BCUT2D eigenvalue weighted by molar-refractivity contribution is 5.88. The van der Waals surface area contributed by atoms with Crippen LogP contribution in [-0.2, 0) is 0 Å². The van der Waals surface area contributed by atoms with E-state index in [0.717, 1.165) is 30.0 Å². The first kappa shape index (κ1) is 17.5. The van der Waals surface area contributed by atoms with Crippen LogP contribution < -0.4 is 10.2 Å². The van der Waals surface area contributed by atoms with Crippen molar-refractivity contribution < 1.29 is 14.6 Å². The van der Waals surface area contributed by atoms with E-state index in [1.165, 1.54) is 25.0 Å². The Labute approximate surface area is 142 Å². The lowest BCUT2D eigenvalue weighted by molar-refractivity contribution is 0.0697. The molecule has 0 aromatic heterocycles. The number of carbonyl (C=O) groups is 1. The van der Waals surface area contributed by atoms with Gasteiger partial charge in [0.25, 0.3) is 0 Å². The topological polar surface area (TPSA) is 70.9 Å². The van der Waals surface area contributed by atoms with E-state index in [1.807, 2.05) is 24.3 Å². The van der Waals surface area contributed by atoms with Gasteiger partial charge < -0.3 is 9.84 Å². The van der Waals surface area contributed by atoms with Gasteiger partial charge in [0.05, 0.1) is 24.1 Å². The van der Waals surface area contributed by atoms with Crippen molar-refractivity contribution in [3.8, 4) is 5.75 Å². The van der Waals surface area contributed by atoms with Crippen molar-refractivity contribution in [2.24, 2.45) is 5.10 Å². The Morgan fingerprint density at radius 1 is 1.21 bits per heavy atom. The zero-order chi connectivity index (χ0) is 17.2. The highest BCUT2D eigenvalue weighted by atomic mass is 16.5. The molecule has 0 amide bonds. The number of nitrogens with zero attached hydrogens (tertiary/aromatic N) is 1. The monoisotopic (exact) mass is 326 g/mol. The fourth-order valence-electron chi connectivity index (χ4n) is 2.10. The van der Waals surface area contributed by atoms with Crippen molar-refractivity contribution in [3.05, 3.63) is 59.7 Å². The lowest BCUT2D eigenvalue weighted by atomic mass is 10.2. The van der Waals surface area contributed by atoms with Gasteiger partial charge in [0.1, 0.15) is 5.75 Å². The number of rotatable bonds is 9. The second-order valence-electron chi connectivity index (χ2n) is 5.38. The fraction of sp³-hybridized carbons (Fsp3) is 0.263. The smallest absolute Gasteiger partial charge is 0.335 e. The van der Waals surface area contributed by atoms with Crippen molar-refractivity contribution >= 4 is 17.9 Å². The lowest BCUT2D eigenvalue weighted by Crippen LogP contribution is -1.98. The molecule has 126 valence electrons. The van der Waals surface area contributed by atoms with Gasteiger partial charge in [-0.15, -0.1) is 0 Å². The number of anilines is 1. The van der Waals surface area contributed by atoms with Crippen LogP contribution in [-0.4, -0.2) is 23.9 Å². The van der Waals surface area contributed by atoms with Gasteiger partial charge in [0.15, 0.2) is 0 Å². The minimum absolute atomic E-state index is 0.248. The summed E-state index contributed by atoms with van der Waals surface area (Å²) in [5.74, 6) is -0.110. The molecule has 2 aromatic carbocycles. The van der Waals surface area contributed by atoms with Gasteiger partial charge >= 0.3 is 5.97 Å².